The highest BCUT2D eigenvalue weighted by atomic mass is 79.9. The van der Waals surface area contributed by atoms with Crippen LogP contribution in [0.3, 0.4) is 0 Å². The number of amides is 2. The molecule has 0 aromatic heterocycles. The fourth-order valence-corrected chi connectivity index (χ4v) is 2.05. The number of carbonyl (C=O) groups excluding carboxylic acids is 2. The summed E-state index contributed by atoms with van der Waals surface area (Å²) in [6, 6.07) is 14.1. The fourth-order valence-electron chi connectivity index (χ4n) is 1.79. The van der Waals surface area contributed by atoms with E-state index in [4.69, 9.17) is 4.74 Å². The zero-order valence-electron chi connectivity index (χ0n) is 11.9. The van der Waals surface area contributed by atoms with Gasteiger partial charge in [0.15, 0.2) is 0 Å². The van der Waals surface area contributed by atoms with Crippen molar-refractivity contribution < 1.29 is 14.3 Å². The van der Waals surface area contributed by atoms with E-state index in [1.165, 1.54) is 0 Å². The largest absolute Gasteiger partial charge is 0.497 e. The number of rotatable bonds is 5. The van der Waals surface area contributed by atoms with E-state index in [0.29, 0.717) is 17.1 Å². The van der Waals surface area contributed by atoms with Crippen LogP contribution in [0.1, 0.15) is 6.42 Å². The average molecular weight is 363 g/mol. The van der Waals surface area contributed by atoms with Crippen molar-refractivity contribution >= 4 is 39.1 Å². The summed E-state index contributed by atoms with van der Waals surface area (Å²) < 4.78 is 5.99. The van der Waals surface area contributed by atoms with Crippen LogP contribution in [-0.2, 0) is 9.59 Å². The van der Waals surface area contributed by atoms with Crippen molar-refractivity contribution in [2.75, 3.05) is 17.7 Å². The lowest BCUT2D eigenvalue weighted by Gasteiger charge is -2.08. The minimum atomic E-state index is -0.386. The fraction of sp³-hybridized carbons (Fsp3) is 0.125. The summed E-state index contributed by atoms with van der Waals surface area (Å²) in [7, 11) is 1.55. The zero-order valence-corrected chi connectivity index (χ0v) is 13.5. The smallest absolute Gasteiger partial charge is 0.233 e. The Labute approximate surface area is 136 Å². The van der Waals surface area contributed by atoms with E-state index < -0.39 is 0 Å². The first-order chi connectivity index (χ1) is 10.6. The molecule has 114 valence electrons. The first-order valence-electron chi connectivity index (χ1n) is 6.56. The first-order valence-corrected chi connectivity index (χ1v) is 7.35. The van der Waals surface area contributed by atoms with Crippen molar-refractivity contribution in [3.63, 3.8) is 0 Å². The van der Waals surface area contributed by atoms with Crippen LogP contribution < -0.4 is 15.4 Å². The van der Waals surface area contributed by atoms with Crippen molar-refractivity contribution in [1.82, 2.24) is 0 Å². The Hall–Kier alpha value is -2.34. The van der Waals surface area contributed by atoms with Crippen molar-refractivity contribution in [2.24, 2.45) is 0 Å². The van der Waals surface area contributed by atoms with Crippen LogP contribution in [0.25, 0.3) is 0 Å². The average Bonchev–Trinajstić information content (AvgIpc) is 2.49. The Bertz CT molecular complexity index is 671. The highest BCUT2D eigenvalue weighted by molar-refractivity contribution is 9.10. The van der Waals surface area contributed by atoms with Crippen LogP contribution in [0.4, 0.5) is 11.4 Å². The van der Waals surface area contributed by atoms with Gasteiger partial charge in [0.25, 0.3) is 0 Å². The van der Waals surface area contributed by atoms with E-state index in [1.807, 2.05) is 12.1 Å². The van der Waals surface area contributed by atoms with Crippen molar-refractivity contribution in [3.05, 3.63) is 53.0 Å². The Morgan fingerprint density at radius 2 is 1.64 bits per heavy atom. The van der Waals surface area contributed by atoms with Crippen LogP contribution in [-0.4, -0.2) is 18.9 Å². The Kier molecular flexibility index (Phi) is 5.55. The third kappa shape index (κ3) is 4.89. The molecule has 0 aliphatic rings. The van der Waals surface area contributed by atoms with E-state index in [2.05, 4.69) is 26.6 Å². The lowest BCUT2D eigenvalue weighted by Crippen LogP contribution is -2.21. The van der Waals surface area contributed by atoms with Gasteiger partial charge in [-0.3, -0.25) is 9.59 Å². The molecule has 2 aromatic carbocycles. The molecule has 0 heterocycles. The Morgan fingerprint density at radius 1 is 1.00 bits per heavy atom. The molecule has 0 aliphatic heterocycles. The van der Waals surface area contributed by atoms with Crippen LogP contribution in [0, 0.1) is 0 Å². The van der Waals surface area contributed by atoms with Gasteiger partial charge in [-0.2, -0.15) is 0 Å². The highest BCUT2D eigenvalue weighted by Gasteiger charge is 2.10. The number of carbonyl (C=O) groups is 2. The van der Waals surface area contributed by atoms with Crippen molar-refractivity contribution in [2.45, 2.75) is 6.42 Å². The monoisotopic (exact) mass is 362 g/mol. The summed E-state index contributed by atoms with van der Waals surface area (Å²) >= 11 is 3.31. The van der Waals surface area contributed by atoms with Gasteiger partial charge in [-0.25, -0.2) is 0 Å². The normalized spacial score (nSPS) is 9.91. The van der Waals surface area contributed by atoms with E-state index in [0.717, 1.165) is 4.47 Å². The molecular weight excluding hydrogens is 348 g/mol. The summed E-state index contributed by atoms with van der Waals surface area (Å²) in [6.07, 6.45) is -0.257. The molecule has 0 radical (unpaired) electrons. The number of hydrogen-bond acceptors (Lipinski definition) is 3. The van der Waals surface area contributed by atoms with Gasteiger partial charge in [0.05, 0.1) is 7.11 Å². The van der Waals surface area contributed by atoms with E-state index in [1.54, 1.807) is 43.5 Å². The van der Waals surface area contributed by atoms with Crippen molar-refractivity contribution in [1.29, 1.82) is 0 Å². The van der Waals surface area contributed by atoms with Gasteiger partial charge in [0.2, 0.25) is 11.8 Å². The number of methoxy groups -OCH3 is 1. The summed E-state index contributed by atoms with van der Waals surface area (Å²) in [5.41, 5.74) is 1.23. The van der Waals surface area contributed by atoms with Crippen LogP contribution >= 0.6 is 15.9 Å². The second-order valence-electron chi connectivity index (χ2n) is 4.51. The summed E-state index contributed by atoms with van der Waals surface area (Å²) in [5.74, 6) is -0.123. The predicted octanol–water partition coefficient (Wildman–Crippen LogP) is 3.43. The molecule has 2 rings (SSSR count). The molecule has 5 nitrogen and oxygen atoms in total. The molecule has 2 N–H and O–H groups in total. The second kappa shape index (κ2) is 7.61. The molecule has 0 unspecified atom stereocenters. The molecule has 0 spiro atoms. The first kappa shape index (κ1) is 16.0. The molecule has 0 bridgehead atoms. The third-order valence-electron chi connectivity index (χ3n) is 2.80. The van der Waals surface area contributed by atoms with Gasteiger partial charge in [-0.05, 0) is 36.4 Å². The number of ether oxygens (including phenoxy) is 1. The molecule has 6 heteroatoms. The van der Waals surface area contributed by atoms with Crippen LogP contribution in [0.2, 0.25) is 0 Å². The van der Waals surface area contributed by atoms with Crippen LogP contribution in [0.15, 0.2) is 53.0 Å². The minimum Gasteiger partial charge on any atom is -0.497 e. The maximum absolute atomic E-state index is 11.8. The molecule has 0 saturated heterocycles. The van der Waals surface area contributed by atoms with Gasteiger partial charge in [0.1, 0.15) is 12.2 Å². The van der Waals surface area contributed by atoms with E-state index in [9.17, 15) is 9.59 Å². The molecule has 0 saturated carbocycles. The molecule has 2 amide bonds. The van der Waals surface area contributed by atoms with Gasteiger partial charge in [-0.15, -0.1) is 0 Å². The summed E-state index contributed by atoms with van der Waals surface area (Å²) in [6.45, 7) is 0. The van der Waals surface area contributed by atoms with E-state index in [-0.39, 0.29) is 18.2 Å². The molecule has 0 aliphatic carbocycles. The lowest BCUT2D eigenvalue weighted by molar-refractivity contribution is -0.123. The standard InChI is InChI=1S/C16H15BrN2O3/c1-22-14-4-2-3-13(9-14)19-16(21)10-15(20)18-12-7-5-11(17)6-8-12/h2-9H,10H2,1H3,(H,18,20)(H,19,21). The van der Waals surface area contributed by atoms with Gasteiger partial charge in [0, 0.05) is 21.9 Å². The van der Waals surface area contributed by atoms with E-state index >= 15 is 0 Å². The summed E-state index contributed by atoms with van der Waals surface area (Å²) in [4.78, 5) is 23.7. The molecular formula is C16H15BrN2O3. The highest BCUT2D eigenvalue weighted by Crippen LogP contribution is 2.17. The quantitative estimate of drug-likeness (QED) is 0.800. The number of nitrogens with one attached hydrogen (secondary N) is 2. The van der Waals surface area contributed by atoms with Crippen LogP contribution in [0.5, 0.6) is 5.75 Å². The maximum atomic E-state index is 11.8. The molecule has 0 atom stereocenters. The summed E-state index contributed by atoms with van der Waals surface area (Å²) in [5, 5.41) is 5.32. The Morgan fingerprint density at radius 3 is 2.27 bits per heavy atom. The second-order valence-corrected chi connectivity index (χ2v) is 5.43. The van der Waals surface area contributed by atoms with Gasteiger partial charge >= 0.3 is 0 Å². The number of anilines is 2. The number of halogens is 1. The predicted molar refractivity (Wildman–Crippen MR) is 89.0 cm³/mol. The molecule has 22 heavy (non-hydrogen) atoms. The number of benzene rings is 2. The zero-order chi connectivity index (χ0) is 15.9. The maximum Gasteiger partial charge on any atom is 0.233 e. The van der Waals surface area contributed by atoms with Gasteiger partial charge < -0.3 is 15.4 Å². The third-order valence-corrected chi connectivity index (χ3v) is 3.33. The topological polar surface area (TPSA) is 67.4 Å². The Balaban J connectivity index is 1.88. The molecule has 0 fully saturated rings. The van der Waals surface area contributed by atoms with Gasteiger partial charge in [-0.1, -0.05) is 22.0 Å². The molecule has 2 aromatic rings. The number of hydrogen-bond donors (Lipinski definition) is 2. The SMILES string of the molecule is COc1cccc(NC(=O)CC(=O)Nc2ccc(Br)cc2)c1. The van der Waals surface area contributed by atoms with Crippen molar-refractivity contribution in [3.8, 4) is 5.75 Å². The lowest BCUT2D eigenvalue weighted by atomic mass is 10.2. The minimum absolute atomic E-state index is 0.257.